The molecular formula is C26H28ClFN6O4. The summed E-state index contributed by atoms with van der Waals surface area (Å²) in [5, 5.41) is 8.32. The largest absolute Gasteiger partial charge is 0.379 e. The number of rotatable bonds is 8. The Morgan fingerprint density at radius 1 is 1.03 bits per heavy atom. The number of nitrogens with zero attached hydrogens (tertiary/aromatic N) is 2. The Labute approximate surface area is 223 Å². The molecular weight excluding hydrogens is 515 g/mol. The van der Waals surface area contributed by atoms with Gasteiger partial charge in [0.05, 0.1) is 30.1 Å². The Hall–Kier alpha value is -3.80. The van der Waals surface area contributed by atoms with Crippen molar-refractivity contribution in [3.8, 4) is 0 Å². The van der Waals surface area contributed by atoms with Crippen LogP contribution in [0, 0.1) is 5.82 Å². The number of H-pyrrole nitrogens is 1. The molecule has 2 aromatic carbocycles. The quantitative estimate of drug-likeness (QED) is 0.345. The Kier molecular flexibility index (Phi) is 8.40. The van der Waals surface area contributed by atoms with Crippen molar-refractivity contribution in [2.24, 2.45) is 0 Å². The minimum Gasteiger partial charge on any atom is -0.379 e. The summed E-state index contributed by atoms with van der Waals surface area (Å²) in [6, 6.07) is 9.82. The maximum absolute atomic E-state index is 13.2. The minimum absolute atomic E-state index is 0.00490. The molecule has 1 saturated heterocycles. The van der Waals surface area contributed by atoms with Gasteiger partial charge in [-0.3, -0.25) is 19.3 Å². The summed E-state index contributed by atoms with van der Waals surface area (Å²) >= 11 is 5.94. The van der Waals surface area contributed by atoms with E-state index in [1.54, 1.807) is 24.3 Å². The third kappa shape index (κ3) is 6.94. The van der Waals surface area contributed by atoms with Gasteiger partial charge < -0.3 is 25.7 Å². The van der Waals surface area contributed by atoms with Crippen molar-refractivity contribution in [3.63, 3.8) is 0 Å². The second kappa shape index (κ2) is 11.7. The van der Waals surface area contributed by atoms with E-state index in [1.165, 1.54) is 12.4 Å². The number of benzene rings is 2. The van der Waals surface area contributed by atoms with E-state index in [9.17, 15) is 18.8 Å². The van der Waals surface area contributed by atoms with Crippen LogP contribution in [-0.4, -0.2) is 71.0 Å². The minimum atomic E-state index is -0.572. The number of morpholine rings is 1. The number of ether oxygens (including phenoxy) is 1. The van der Waals surface area contributed by atoms with Gasteiger partial charge in [0.1, 0.15) is 11.5 Å². The van der Waals surface area contributed by atoms with Gasteiger partial charge in [-0.05, 0) is 56.3 Å². The van der Waals surface area contributed by atoms with Gasteiger partial charge in [-0.1, -0.05) is 11.6 Å². The van der Waals surface area contributed by atoms with Crippen LogP contribution in [0.3, 0.4) is 0 Å². The summed E-state index contributed by atoms with van der Waals surface area (Å²) in [6.45, 7) is 7.37. The Morgan fingerprint density at radius 3 is 2.29 bits per heavy atom. The van der Waals surface area contributed by atoms with Crippen molar-refractivity contribution in [1.82, 2.24) is 20.2 Å². The molecule has 1 fully saturated rings. The van der Waals surface area contributed by atoms with Gasteiger partial charge in [-0.25, -0.2) is 9.37 Å². The predicted molar refractivity (Wildman–Crippen MR) is 141 cm³/mol. The highest BCUT2D eigenvalue weighted by atomic mass is 35.5. The van der Waals surface area contributed by atoms with Crippen molar-refractivity contribution in [2.45, 2.75) is 19.4 Å². The van der Waals surface area contributed by atoms with Crippen LogP contribution in [0.1, 0.15) is 45.2 Å². The lowest BCUT2D eigenvalue weighted by Gasteiger charge is -2.35. The van der Waals surface area contributed by atoms with Crippen LogP contribution < -0.4 is 16.0 Å². The number of imidazole rings is 1. The number of hydrogen-bond acceptors (Lipinski definition) is 6. The van der Waals surface area contributed by atoms with E-state index < -0.39 is 29.1 Å². The normalized spacial score (nSPS) is 14.1. The fraction of sp³-hybridized carbons (Fsp3) is 0.308. The van der Waals surface area contributed by atoms with Gasteiger partial charge in [0, 0.05) is 36.5 Å². The van der Waals surface area contributed by atoms with E-state index in [4.69, 9.17) is 16.3 Å². The summed E-state index contributed by atoms with van der Waals surface area (Å²) < 4.78 is 18.6. The van der Waals surface area contributed by atoms with Crippen molar-refractivity contribution in [2.75, 3.05) is 43.5 Å². The van der Waals surface area contributed by atoms with Gasteiger partial charge in [-0.15, -0.1) is 0 Å². The molecule has 0 unspecified atom stereocenters. The summed E-state index contributed by atoms with van der Waals surface area (Å²) in [7, 11) is 0. The van der Waals surface area contributed by atoms with E-state index in [1.807, 2.05) is 13.8 Å². The molecule has 3 aromatic rings. The van der Waals surface area contributed by atoms with Gasteiger partial charge in [0.15, 0.2) is 5.69 Å². The van der Waals surface area contributed by atoms with Crippen LogP contribution in [0.25, 0.3) is 0 Å². The number of anilines is 2. The average molecular weight is 543 g/mol. The van der Waals surface area contributed by atoms with E-state index in [0.29, 0.717) is 31.1 Å². The number of halogens is 2. The Bertz CT molecular complexity index is 1320. The average Bonchev–Trinajstić information content (AvgIpc) is 3.36. The second-order valence-corrected chi connectivity index (χ2v) is 9.87. The van der Waals surface area contributed by atoms with Crippen molar-refractivity contribution >= 4 is 40.7 Å². The first-order valence-corrected chi connectivity index (χ1v) is 12.3. The second-order valence-electron chi connectivity index (χ2n) is 9.46. The van der Waals surface area contributed by atoms with E-state index in [2.05, 4.69) is 30.8 Å². The summed E-state index contributed by atoms with van der Waals surface area (Å²) in [6.07, 6.45) is 1.29. The predicted octanol–water partition coefficient (Wildman–Crippen LogP) is 3.55. The zero-order valence-corrected chi connectivity index (χ0v) is 21.7. The molecule has 0 radical (unpaired) electrons. The first-order chi connectivity index (χ1) is 18.1. The molecule has 10 nitrogen and oxygen atoms in total. The molecule has 0 spiro atoms. The SMILES string of the molecule is CC(C)(CN1CCOCC1)NC(=O)c1[nH]cnc1C(=O)Nc1ccc(NC(=O)c2ccc(F)cc2Cl)cc1. The zero-order valence-electron chi connectivity index (χ0n) is 20.9. The maximum atomic E-state index is 13.2. The molecule has 200 valence electrons. The molecule has 1 aliphatic heterocycles. The van der Waals surface area contributed by atoms with E-state index in [0.717, 1.165) is 25.2 Å². The first-order valence-electron chi connectivity index (χ1n) is 11.9. The van der Waals surface area contributed by atoms with Gasteiger partial charge in [0.2, 0.25) is 0 Å². The van der Waals surface area contributed by atoms with Gasteiger partial charge in [-0.2, -0.15) is 0 Å². The number of hydrogen-bond donors (Lipinski definition) is 4. The summed E-state index contributed by atoms with van der Waals surface area (Å²) in [5.41, 5.74) is 0.449. The van der Waals surface area contributed by atoms with Crippen LogP contribution in [0.4, 0.5) is 15.8 Å². The topological polar surface area (TPSA) is 128 Å². The lowest BCUT2D eigenvalue weighted by Crippen LogP contribution is -2.53. The van der Waals surface area contributed by atoms with Gasteiger partial charge in [0.25, 0.3) is 17.7 Å². The van der Waals surface area contributed by atoms with Crippen LogP contribution in [0.5, 0.6) is 0 Å². The van der Waals surface area contributed by atoms with Crippen molar-refractivity contribution in [3.05, 3.63) is 76.6 Å². The van der Waals surface area contributed by atoms with Crippen LogP contribution in [-0.2, 0) is 4.74 Å². The molecule has 0 aliphatic carbocycles. The highest BCUT2D eigenvalue weighted by molar-refractivity contribution is 6.34. The molecule has 0 atom stereocenters. The zero-order chi connectivity index (χ0) is 27.3. The number of carbonyl (C=O) groups excluding carboxylic acids is 3. The highest BCUT2D eigenvalue weighted by Crippen LogP contribution is 2.20. The molecule has 12 heteroatoms. The lowest BCUT2D eigenvalue weighted by atomic mass is 10.0. The fourth-order valence-electron chi connectivity index (χ4n) is 4.07. The van der Waals surface area contributed by atoms with E-state index in [-0.39, 0.29) is 22.0 Å². The molecule has 1 aliphatic rings. The molecule has 0 bridgehead atoms. The van der Waals surface area contributed by atoms with E-state index >= 15 is 0 Å². The Balaban J connectivity index is 1.36. The molecule has 3 amide bonds. The molecule has 2 heterocycles. The lowest BCUT2D eigenvalue weighted by molar-refractivity contribution is 0.0268. The monoisotopic (exact) mass is 542 g/mol. The van der Waals surface area contributed by atoms with Crippen molar-refractivity contribution < 1.29 is 23.5 Å². The number of nitrogens with one attached hydrogen (secondary N) is 4. The number of aromatic nitrogens is 2. The maximum Gasteiger partial charge on any atom is 0.276 e. The van der Waals surface area contributed by atoms with Crippen LogP contribution in [0.2, 0.25) is 5.02 Å². The van der Waals surface area contributed by atoms with Gasteiger partial charge >= 0.3 is 0 Å². The standard InChI is InChI=1S/C26H28ClFN6O4/c1-26(2,14-34-9-11-38-12-10-34)33-25(37)22-21(29-15-30-22)24(36)32-18-6-4-17(5-7-18)31-23(35)19-8-3-16(28)13-20(19)27/h3-8,13,15H,9-12,14H2,1-2H3,(H,29,30)(H,31,35)(H,32,36)(H,33,37). The number of amides is 3. The number of aromatic amines is 1. The molecule has 4 N–H and O–H groups in total. The van der Waals surface area contributed by atoms with Crippen molar-refractivity contribution in [1.29, 1.82) is 0 Å². The summed E-state index contributed by atoms with van der Waals surface area (Å²) in [4.78, 5) is 47.3. The smallest absolute Gasteiger partial charge is 0.276 e. The molecule has 1 aromatic heterocycles. The molecule has 0 saturated carbocycles. The number of carbonyl (C=O) groups is 3. The molecule has 4 rings (SSSR count). The highest BCUT2D eigenvalue weighted by Gasteiger charge is 2.28. The van der Waals surface area contributed by atoms with Crippen LogP contribution >= 0.6 is 11.6 Å². The fourth-order valence-corrected chi connectivity index (χ4v) is 4.32. The van der Waals surface area contributed by atoms with Crippen LogP contribution in [0.15, 0.2) is 48.8 Å². The third-order valence-corrected chi connectivity index (χ3v) is 6.15. The summed E-state index contributed by atoms with van der Waals surface area (Å²) in [5.74, 6) is -2.06. The first kappa shape index (κ1) is 27.2. The third-order valence-electron chi connectivity index (χ3n) is 5.83. The molecule has 38 heavy (non-hydrogen) atoms. The Morgan fingerprint density at radius 2 is 1.66 bits per heavy atom.